The zero-order valence-electron chi connectivity index (χ0n) is 6.44. The van der Waals surface area contributed by atoms with Gasteiger partial charge in [-0.25, -0.2) is 4.79 Å². The molecule has 1 rings (SSSR count). The monoisotopic (exact) mass is 233 g/mol. The molecular formula is C6H8BrN3O2. The van der Waals surface area contributed by atoms with Crippen LogP contribution in [0.1, 0.15) is 19.4 Å². The Morgan fingerprint density at radius 3 is 2.92 bits per heavy atom. The largest absolute Gasteiger partial charge is 0.480 e. The highest BCUT2D eigenvalue weighted by atomic mass is 79.9. The molecule has 1 aromatic rings. The molecular weight excluding hydrogens is 226 g/mol. The van der Waals surface area contributed by atoms with Gasteiger partial charge in [0.05, 0.1) is 6.20 Å². The summed E-state index contributed by atoms with van der Waals surface area (Å²) in [4.78, 5) is 11.8. The molecule has 1 heterocycles. The Morgan fingerprint density at radius 1 is 1.92 bits per heavy atom. The van der Waals surface area contributed by atoms with Gasteiger partial charge in [-0.3, -0.25) is 0 Å². The first-order chi connectivity index (χ1) is 5.65. The maximum absolute atomic E-state index is 10.6. The fourth-order valence-corrected chi connectivity index (χ4v) is 1.10. The number of nitrogens with zero attached hydrogens (tertiary/aromatic N) is 3. The third-order valence-electron chi connectivity index (χ3n) is 1.43. The summed E-state index contributed by atoms with van der Waals surface area (Å²) in [6.07, 6.45) is 1.93. The first-order valence-electron chi connectivity index (χ1n) is 3.45. The number of carboxylic acids is 1. The van der Waals surface area contributed by atoms with E-state index in [0.717, 1.165) is 0 Å². The summed E-state index contributed by atoms with van der Waals surface area (Å²) in [5.74, 6) is -0.916. The number of hydrogen-bond acceptors (Lipinski definition) is 3. The van der Waals surface area contributed by atoms with Crippen LogP contribution in [0.25, 0.3) is 0 Å². The van der Waals surface area contributed by atoms with Crippen LogP contribution < -0.4 is 0 Å². The first kappa shape index (κ1) is 9.18. The predicted molar refractivity (Wildman–Crippen MR) is 44.7 cm³/mol. The van der Waals surface area contributed by atoms with Crippen molar-refractivity contribution in [1.82, 2.24) is 15.0 Å². The van der Waals surface area contributed by atoms with E-state index in [-0.39, 0.29) is 0 Å². The van der Waals surface area contributed by atoms with Crippen LogP contribution in [0.2, 0.25) is 0 Å². The molecule has 0 bridgehead atoms. The molecule has 1 aromatic heterocycles. The molecule has 0 fully saturated rings. The normalized spacial score (nSPS) is 12.8. The first-order valence-corrected chi connectivity index (χ1v) is 4.24. The number of hydrogen-bond donors (Lipinski definition) is 1. The molecule has 0 amide bonds. The molecule has 0 aromatic carbocycles. The summed E-state index contributed by atoms with van der Waals surface area (Å²) in [6.45, 7) is 1.77. The number of rotatable bonds is 3. The lowest BCUT2D eigenvalue weighted by molar-refractivity contribution is -0.141. The molecule has 0 aliphatic heterocycles. The van der Waals surface area contributed by atoms with Crippen molar-refractivity contribution in [3.63, 3.8) is 0 Å². The number of carboxylic acid groups (broad SMARTS) is 1. The van der Waals surface area contributed by atoms with Crippen LogP contribution in [0.5, 0.6) is 0 Å². The van der Waals surface area contributed by atoms with Gasteiger partial charge in [0, 0.05) is 0 Å². The van der Waals surface area contributed by atoms with Crippen molar-refractivity contribution in [2.24, 2.45) is 0 Å². The fourth-order valence-electron chi connectivity index (χ4n) is 0.843. The third kappa shape index (κ3) is 1.82. The van der Waals surface area contributed by atoms with E-state index in [1.165, 1.54) is 11.0 Å². The van der Waals surface area contributed by atoms with Gasteiger partial charge in [-0.1, -0.05) is 6.92 Å². The molecule has 0 radical (unpaired) electrons. The van der Waals surface area contributed by atoms with Crippen molar-refractivity contribution in [3.05, 3.63) is 10.8 Å². The zero-order chi connectivity index (χ0) is 9.14. The van der Waals surface area contributed by atoms with E-state index in [1.54, 1.807) is 6.92 Å². The maximum atomic E-state index is 10.6. The van der Waals surface area contributed by atoms with Gasteiger partial charge in [0.1, 0.15) is 4.60 Å². The molecule has 66 valence electrons. The summed E-state index contributed by atoms with van der Waals surface area (Å²) in [5.41, 5.74) is 0. The average molecular weight is 234 g/mol. The molecule has 0 aliphatic rings. The lowest BCUT2D eigenvalue weighted by atomic mass is 10.2. The SMILES string of the molecule is CC[C@@H](C(=O)O)n1ncc(Br)n1. The molecule has 6 heteroatoms. The standard InChI is InChI=1S/C6H8BrN3O2/c1-2-4(6(11)12)10-8-3-5(7)9-10/h3-4H,2H2,1H3,(H,11,12)/t4-/m0/s1. The molecule has 0 unspecified atom stereocenters. The summed E-state index contributed by atoms with van der Waals surface area (Å²) in [7, 11) is 0. The Bertz CT molecular complexity index is 286. The molecule has 0 saturated heterocycles. The van der Waals surface area contributed by atoms with E-state index < -0.39 is 12.0 Å². The van der Waals surface area contributed by atoms with E-state index in [4.69, 9.17) is 5.11 Å². The van der Waals surface area contributed by atoms with E-state index in [9.17, 15) is 4.79 Å². The van der Waals surface area contributed by atoms with Crippen LogP contribution in [0.15, 0.2) is 10.8 Å². The second-order valence-corrected chi connectivity index (χ2v) is 3.06. The van der Waals surface area contributed by atoms with Gasteiger partial charge in [0.2, 0.25) is 0 Å². The van der Waals surface area contributed by atoms with Crippen LogP contribution >= 0.6 is 15.9 Å². The van der Waals surface area contributed by atoms with Crippen molar-refractivity contribution in [1.29, 1.82) is 0 Å². The minimum Gasteiger partial charge on any atom is -0.480 e. The summed E-state index contributed by atoms with van der Waals surface area (Å²) >= 11 is 3.09. The highest BCUT2D eigenvalue weighted by Gasteiger charge is 2.18. The Labute approximate surface area is 77.5 Å². The molecule has 5 nitrogen and oxygen atoms in total. The van der Waals surface area contributed by atoms with E-state index in [1.807, 2.05) is 0 Å². The van der Waals surface area contributed by atoms with Gasteiger partial charge in [-0.2, -0.15) is 9.90 Å². The van der Waals surface area contributed by atoms with E-state index in [0.29, 0.717) is 11.0 Å². The Morgan fingerprint density at radius 2 is 2.58 bits per heavy atom. The van der Waals surface area contributed by atoms with Crippen LogP contribution in [-0.2, 0) is 4.79 Å². The molecule has 12 heavy (non-hydrogen) atoms. The molecule has 1 atom stereocenters. The predicted octanol–water partition coefficient (Wildman–Crippen LogP) is 1.08. The van der Waals surface area contributed by atoms with Crippen molar-refractivity contribution in [2.45, 2.75) is 19.4 Å². The molecule has 0 aliphatic carbocycles. The Kier molecular flexibility index (Phi) is 2.80. The lowest BCUT2D eigenvalue weighted by Gasteiger charge is -2.06. The minimum absolute atomic E-state index is 0.469. The molecule has 0 spiro atoms. The quantitative estimate of drug-likeness (QED) is 0.849. The fraction of sp³-hybridized carbons (Fsp3) is 0.500. The van der Waals surface area contributed by atoms with E-state index >= 15 is 0 Å². The van der Waals surface area contributed by atoms with Crippen LogP contribution in [0.4, 0.5) is 0 Å². The van der Waals surface area contributed by atoms with Crippen molar-refractivity contribution in [2.75, 3.05) is 0 Å². The molecule has 1 N–H and O–H groups in total. The van der Waals surface area contributed by atoms with Gasteiger partial charge in [0.15, 0.2) is 6.04 Å². The summed E-state index contributed by atoms with van der Waals surface area (Å²) in [6, 6.07) is -0.670. The Hall–Kier alpha value is -0.910. The molecule has 0 saturated carbocycles. The van der Waals surface area contributed by atoms with Gasteiger partial charge in [-0.15, -0.1) is 5.10 Å². The lowest BCUT2D eigenvalue weighted by Crippen LogP contribution is -2.20. The number of aliphatic carboxylic acids is 1. The highest BCUT2D eigenvalue weighted by molar-refractivity contribution is 9.10. The zero-order valence-corrected chi connectivity index (χ0v) is 8.02. The maximum Gasteiger partial charge on any atom is 0.330 e. The van der Waals surface area contributed by atoms with Crippen LogP contribution in [-0.4, -0.2) is 26.1 Å². The average Bonchev–Trinajstić information content (AvgIpc) is 2.37. The Balaban J connectivity index is 2.87. The van der Waals surface area contributed by atoms with E-state index in [2.05, 4.69) is 26.1 Å². The topological polar surface area (TPSA) is 68.0 Å². The second kappa shape index (κ2) is 3.66. The second-order valence-electron chi connectivity index (χ2n) is 2.25. The van der Waals surface area contributed by atoms with Crippen LogP contribution in [0.3, 0.4) is 0 Å². The van der Waals surface area contributed by atoms with Gasteiger partial charge in [-0.05, 0) is 22.4 Å². The van der Waals surface area contributed by atoms with Crippen molar-refractivity contribution in [3.8, 4) is 0 Å². The number of carbonyl (C=O) groups is 1. The van der Waals surface area contributed by atoms with Gasteiger partial charge < -0.3 is 5.11 Å². The summed E-state index contributed by atoms with van der Waals surface area (Å²) in [5, 5.41) is 16.4. The smallest absolute Gasteiger partial charge is 0.330 e. The van der Waals surface area contributed by atoms with Gasteiger partial charge in [0.25, 0.3) is 0 Å². The third-order valence-corrected chi connectivity index (χ3v) is 1.79. The summed E-state index contributed by atoms with van der Waals surface area (Å²) < 4.78 is 0.544. The number of halogens is 1. The minimum atomic E-state index is -0.916. The van der Waals surface area contributed by atoms with Crippen molar-refractivity contribution >= 4 is 21.9 Å². The number of aromatic nitrogens is 3. The highest BCUT2D eigenvalue weighted by Crippen LogP contribution is 2.10. The van der Waals surface area contributed by atoms with Gasteiger partial charge >= 0.3 is 5.97 Å². The van der Waals surface area contributed by atoms with Crippen LogP contribution in [0, 0.1) is 0 Å². The van der Waals surface area contributed by atoms with Crippen molar-refractivity contribution < 1.29 is 9.90 Å².